The van der Waals surface area contributed by atoms with E-state index in [0.29, 0.717) is 6.61 Å². The standard InChI is InChI=1S/C31H40N4O2/c1-23-11-14-27(28-29(23)33-30(36)31(28,2)3)37-22-7-6-16-34-17-8-18-35(21-20-34)19-15-25-13-12-24-9-4-5-10-26(24)32-25/h4-5,9-14H,6-8,15-22H2,1-3H3,(H,33,36). The molecule has 3 heterocycles. The molecule has 1 N–H and O–H groups in total. The monoisotopic (exact) mass is 500 g/mol. The van der Waals surface area contributed by atoms with Crippen molar-refractivity contribution < 1.29 is 9.53 Å². The van der Waals surface area contributed by atoms with E-state index in [2.05, 4.69) is 51.5 Å². The molecule has 0 unspecified atom stereocenters. The Balaban J connectivity index is 1.04. The Hall–Kier alpha value is -2.96. The van der Waals surface area contributed by atoms with E-state index < -0.39 is 5.41 Å². The fraction of sp³-hybridized carbons (Fsp3) is 0.484. The number of carbonyl (C=O) groups is 1. The van der Waals surface area contributed by atoms with Gasteiger partial charge in [-0.05, 0) is 83.4 Å². The van der Waals surface area contributed by atoms with Crippen molar-refractivity contribution in [1.29, 1.82) is 0 Å². The average Bonchev–Trinajstić information content (AvgIpc) is 3.02. The maximum absolute atomic E-state index is 12.4. The Morgan fingerprint density at radius 3 is 2.57 bits per heavy atom. The van der Waals surface area contributed by atoms with E-state index in [1.807, 2.05) is 32.9 Å². The lowest BCUT2D eigenvalue weighted by molar-refractivity contribution is -0.119. The smallest absolute Gasteiger partial charge is 0.234 e. The van der Waals surface area contributed by atoms with Crippen molar-refractivity contribution in [3.8, 4) is 5.75 Å². The lowest BCUT2D eigenvalue weighted by Crippen LogP contribution is -2.32. The molecule has 2 aromatic carbocycles. The van der Waals surface area contributed by atoms with Gasteiger partial charge in [0.2, 0.25) is 5.91 Å². The Labute approximate surface area is 221 Å². The lowest BCUT2D eigenvalue weighted by Gasteiger charge is -2.22. The quantitative estimate of drug-likeness (QED) is 0.410. The zero-order valence-corrected chi connectivity index (χ0v) is 22.6. The Morgan fingerprint density at radius 2 is 1.73 bits per heavy atom. The van der Waals surface area contributed by atoms with Crippen LogP contribution in [0, 0.1) is 6.92 Å². The molecule has 1 aromatic heterocycles. The summed E-state index contributed by atoms with van der Waals surface area (Å²) in [6.07, 6.45) is 4.35. The van der Waals surface area contributed by atoms with E-state index in [1.54, 1.807) is 0 Å². The molecule has 2 aliphatic rings. The summed E-state index contributed by atoms with van der Waals surface area (Å²) < 4.78 is 6.19. The molecule has 3 aromatic rings. The summed E-state index contributed by atoms with van der Waals surface area (Å²) in [5, 5.41) is 4.25. The van der Waals surface area contributed by atoms with Crippen molar-refractivity contribution in [3.63, 3.8) is 0 Å². The molecule has 5 rings (SSSR count). The number of unbranched alkanes of at least 4 members (excludes halogenated alkanes) is 1. The second-order valence-electron chi connectivity index (χ2n) is 11.0. The molecule has 0 bridgehead atoms. The third kappa shape index (κ3) is 5.81. The predicted molar refractivity (Wildman–Crippen MR) is 151 cm³/mol. The van der Waals surface area contributed by atoms with Crippen LogP contribution in [0.15, 0.2) is 48.5 Å². The number of fused-ring (bicyclic) bond motifs is 2. The highest BCUT2D eigenvalue weighted by Gasteiger charge is 2.41. The maximum Gasteiger partial charge on any atom is 0.234 e. The number of para-hydroxylation sites is 1. The van der Waals surface area contributed by atoms with E-state index in [1.165, 1.54) is 24.0 Å². The van der Waals surface area contributed by atoms with E-state index in [4.69, 9.17) is 9.72 Å². The SMILES string of the molecule is Cc1ccc(OCCCCN2CCCN(CCc3ccc4ccccc4n3)CC2)c2c1NC(=O)C2(C)C. The van der Waals surface area contributed by atoms with Gasteiger partial charge in [-0.2, -0.15) is 0 Å². The van der Waals surface area contributed by atoms with E-state index in [-0.39, 0.29) is 5.91 Å². The van der Waals surface area contributed by atoms with Crippen LogP contribution < -0.4 is 10.1 Å². The van der Waals surface area contributed by atoms with Gasteiger partial charge in [-0.1, -0.05) is 30.3 Å². The summed E-state index contributed by atoms with van der Waals surface area (Å²) in [7, 11) is 0. The highest BCUT2D eigenvalue weighted by atomic mass is 16.5. The molecular weight excluding hydrogens is 460 g/mol. The first kappa shape index (κ1) is 25.7. The van der Waals surface area contributed by atoms with Crippen LogP contribution in [0.1, 0.15) is 49.9 Å². The number of aryl methyl sites for hydroxylation is 1. The fourth-order valence-electron chi connectivity index (χ4n) is 5.58. The second-order valence-corrected chi connectivity index (χ2v) is 11.0. The number of nitrogens with one attached hydrogen (secondary N) is 1. The van der Waals surface area contributed by atoms with Gasteiger partial charge in [0, 0.05) is 42.7 Å². The van der Waals surface area contributed by atoms with Crippen molar-refractivity contribution in [2.45, 2.75) is 51.9 Å². The topological polar surface area (TPSA) is 57.7 Å². The van der Waals surface area contributed by atoms with E-state index in [0.717, 1.165) is 80.1 Å². The highest BCUT2D eigenvalue weighted by molar-refractivity contribution is 6.07. The summed E-state index contributed by atoms with van der Waals surface area (Å²) in [5.74, 6) is 0.889. The summed E-state index contributed by atoms with van der Waals surface area (Å²) in [5.41, 5.74) is 4.74. The molecule has 0 spiro atoms. The molecule has 0 atom stereocenters. The Kier molecular flexibility index (Phi) is 7.77. The number of ether oxygens (including phenoxy) is 1. The summed E-state index contributed by atoms with van der Waals surface area (Å²) >= 11 is 0. The Morgan fingerprint density at radius 1 is 0.946 bits per heavy atom. The predicted octanol–water partition coefficient (Wildman–Crippen LogP) is 5.18. The van der Waals surface area contributed by atoms with Crippen LogP contribution >= 0.6 is 0 Å². The van der Waals surface area contributed by atoms with Crippen LogP contribution in [-0.4, -0.2) is 66.6 Å². The van der Waals surface area contributed by atoms with Crippen molar-refractivity contribution in [1.82, 2.24) is 14.8 Å². The van der Waals surface area contributed by atoms with Gasteiger partial charge in [0.1, 0.15) is 5.75 Å². The summed E-state index contributed by atoms with van der Waals surface area (Å²) in [4.78, 5) is 22.5. The highest BCUT2D eigenvalue weighted by Crippen LogP contribution is 2.45. The molecule has 0 aliphatic carbocycles. The summed E-state index contributed by atoms with van der Waals surface area (Å²) in [6.45, 7) is 13.4. The molecular formula is C31H40N4O2. The van der Waals surface area contributed by atoms with Gasteiger partial charge in [-0.15, -0.1) is 0 Å². The molecule has 1 saturated heterocycles. The van der Waals surface area contributed by atoms with Crippen LogP contribution in [0.2, 0.25) is 0 Å². The minimum absolute atomic E-state index is 0.0467. The van der Waals surface area contributed by atoms with Gasteiger partial charge in [0.25, 0.3) is 0 Å². The number of amides is 1. The number of aromatic nitrogens is 1. The van der Waals surface area contributed by atoms with Crippen LogP contribution in [0.4, 0.5) is 5.69 Å². The molecule has 6 heteroatoms. The summed E-state index contributed by atoms with van der Waals surface area (Å²) in [6, 6.07) is 16.8. The first-order valence-electron chi connectivity index (χ1n) is 13.8. The normalized spacial score (nSPS) is 18.0. The van der Waals surface area contributed by atoms with Crippen molar-refractivity contribution >= 4 is 22.5 Å². The molecule has 196 valence electrons. The number of hydrogen-bond donors (Lipinski definition) is 1. The largest absolute Gasteiger partial charge is 0.493 e. The molecule has 0 saturated carbocycles. The minimum Gasteiger partial charge on any atom is -0.493 e. The minimum atomic E-state index is -0.557. The molecule has 1 fully saturated rings. The molecule has 2 aliphatic heterocycles. The van der Waals surface area contributed by atoms with Crippen molar-refractivity contribution in [2.75, 3.05) is 51.2 Å². The second kappa shape index (κ2) is 11.2. The number of hydrogen-bond acceptors (Lipinski definition) is 5. The third-order valence-corrected chi connectivity index (χ3v) is 7.95. The number of rotatable bonds is 9. The number of anilines is 1. The first-order chi connectivity index (χ1) is 17.9. The van der Waals surface area contributed by atoms with Gasteiger partial charge >= 0.3 is 0 Å². The van der Waals surface area contributed by atoms with E-state index in [9.17, 15) is 4.79 Å². The van der Waals surface area contributed by atoms with Gasteiger partial charge < -0.3 is 19.9 Å². The van der Waals surface area contributed by atoms with Crippen LogP contribution in [0.3, 0.4) is 0 Å². The molecule has 1 amide bonds. The average molecular weight is 501 g/mol. The van der Waals surface area contributed by atoms with Crippen LogP contribution in [-0.2, 0) is 16.6 Å². The lowest BCUT2D eigenvalue weighted by atomic mass is 9.85. The first-order valence-corrected chi connectivity index (χ1v) is 13.8. The van der Waals surface area contributed by atoms with Gasteiger partial charge in [0.15, 0.2) is 0 Å². The number of carbonyl (C=O) groups excluding carboxylic acids is 1. The number of pyridine rings is 1. The van der Waals surface area contributed by atoms with Gasteiger partial charge in [0.05, 0.1) is 23.2 Å². The fourth-order valence-corrected chi connectivity index (χ4v) is 5.58. The zero-order valence-electron chi connectivity index (χ0n) is 22.6. The Bertz CT molecular complexity index is 1260. The molecule has 6 nitrogen and oxygen atoms in total. The third-order valence-electron chi connectivity index (χ3n) is 7.95. The van der Waals surface area contributed by atoms with Crippen molar-refractivity contribution in [2.24, 2.45) is 0 Å². The zero-order chi connectivity index (χ0) is 25.8. The molecule has 0 radical (unpaired) electrons. The van der Waals surface area contributed by atoms with Crippen molar-refractivity contribution in [3.05, 3.63) is 65.4 Å². The van der Waals surface area contributed by atoms with E-state index >= 15 is 0 Å². The van der Waals surface area contributed by atoms with Crippen LogP contribution in [0.5, 0.6) is 5.75 Å². The van der Waals surface area contributed by atoms with Gasteiger partial charge in [-0.25, -0.2) is 0 Å². The maximum atomic E-state index is 12.4. The molecule has 37 heavy (non-hydrogen) atoms. The van der Waals surface area contributed by atoms with Gasteiger partial charge in [-0.3, -0.25) is 9.78 Å². The number of nitrogens with zero attached hydrogens (tertiary/aromatic N) is 3. The number of benzene rings is 2. The van der Waals surface area contributed by atoms with Crippen LogP contribution in [0.25, 0.3) is 10.9 Å².